The zero-order chi connectivity index (χ0) is 21.7. The van der Waals surface area contributed by atoms with E-state index in [1.807, 2.05) is 0 Å². The van der Waals surface area contributed by atoms with Gasteiger partial charge in [0.25, 0.3) is 5.91 Å². The van der Waals surface area contributed by atoms with E-state index in [0.717, 1.165) is 23.3 Å². The summed E-state index contributed by atoms with van der Waals surface area (Å²) in [5.74, 6) is 0.0845. The lowest BCUT2D eigenvalue weighted by Gasteiger charge is -2.32. The number of methoxy groups -OCH3 is 2. The number of nitrogens with zero attached hydrogens (tertiary/aromatic N) is 2. The van der Waals surface area contributed by atoms with Crippen molar-refractivity contribution in [2.75, 3.05) is 27.3 Å². The summed E-state index contributed by atoms with van der Waals surface area (Å²) in [5, 5.41) is 2.61. The molecule has 0 radical (unpaired) electrons. The summed E-state index contributed by atoms with van der Waals surface area (Å²) in [6, 6.07) is 5.76. The third kappa shape index (κ3) is 5.08. The van der Waals surface area contributed by atoms with E-state index in [4.69, 9.17) is 9.47 Å². The average molecular weight is 417 g/mol. The molecule has 162 valence electrons. The predicted molar refractivity (Wildman–Crippen MR) is 106 cm³/mol. The van der Waals surface area contributed by atoms with Crippen LogP contribution in [0.2, 0.25) is 0 Å². The van der Waals surface area contributed by atoms with Crippen molar-refractivity contribution in [2.24, 2.45) is 5.92 Å². The van der Waals surface area contributed by atoms with Gasteiger partial charge in [-0.25, -0.2) is 4.79 Å². The molecule has 0 spiro atoms. The summed E-state index contributed by atoms with van der Waals surface area (Å²) in [6.45, 7) is 1.20. The average Bonchev–Trinajstić information content (AvgIpc) is 3.02. The molecule has 1 aromatic rings. The number of ether oxygens (including phenoxy) is 2. The monoisotopic (exact) mass is 417 g/mol. The second-order valence-corrected chi connectivity index (χ2v) is 7.58. The van der Waals surface area contributed by atoms with Gasteiger partial charge in [0.2, 0.25) is 5.91 Å². The Labute approximate surface area is 175 Å². The Kier molecular flexibility index (Phi) is 6.91. The van der Waals surface area contributed by atoms with Gasteiger partial charge in [-0.3, -0.25) is 19.3 Å². The topological polar surface area (TPSA) is 105 Å². The van der Waals surface area contributed by atoms with E-state index in [1.54, 1.807) is 36.3 Å². The Balaban J connectivity index is 1.51. The highest BCUT2D eigenvalue weighted by molar-refractivity contribution is 6.05. The van der Waals surface area contributed by atoms with Crippen molar-refractivity contribution in [1.29, 1.82) is 0 Å². The third-order valence-corrected chi connectivity index (χ3v) is 5.64. The van der Waals surface area contributed by atoms with Crippen LogP contribution in [0.5, 0.6) is 5.75 Å². The van der Waals surface area contributed by atoms with Gasteiger partial charge in [-0.2, -0.15) is 0 Å². The minimum atomic E-state index is -0.851. The van der Waals surface area contributed by atoms with Gasteiger partial charge in [-0.1, -0.05) is 12.1 Å². The first-order chi connectivity index (χ1) is 14.4. The maximum atomic E-state index is 12.7. The summed E-state index contributed by atoms with van der Waals surface area (Å²) in [6.07, 6.45) is 1.73. The molecule has 1 aromatic carbocycles. The van der Waals surface area contributed by atoms with Gasteiger partial charge in [-0.15, -0.1) is 0 Å². The summed E-state index contributed by atoms with van der Waals surface area (Å²) < 4.78 is 9.80. The van der Waals surface area contributed by atoms with E-state index < -0.39 is 18.0 Å². The van der Waals surface area contributed by atoms with Crippen molar-refractivity contribution < 1.29 is 28.7 Å². The van der Waals surface area contributed by atoms with Crippen LogP contribution in [0.1, 0.15) is 31.2 Å². The molecule has 0 unspecified atom stereocenters. The molecule has 4 amide bonds. The standard InChI is InChI=1S/C21H27N3O6/c1-29-16-5-3-15(4-6-16)13-24-20(27)17(22-21(24)28)12-18(25)23-9-7-14(8-10-23)11-19(26)30-2/h3-6,14,17H,7-13H2,1-2H3,(H,22,28)/t17-/m0/s1. The molecule has 0 bridgehead atoms. The maximum absolute atomic E-state index is 12.7. The van der Waals surface area contributed by atoms with Crippen molar-refractivity contribution in [3.05, 3.63) is 29.8 Å². The largest absolute Gasteiger partial charge is 0.497 e. The molecule has 2 heterocycles. The SMILES string of the molecule is COC(=O)CC1CCN(C(=O)C[C@@H]2NC(=O)N(Cc3ccc(OC)cc3)C2=O)CC1. The van der Waals surface area contributed by atoms with E-state index in [1.165, 1.54) is 7.11 Å². The number of benzene rings is 1. The number of nitrogens with one attached hydrogen (secondary N) is 1. The minimum absolute atomic E-state index is 0.0641. The van der Waals surface area contributed by atoms with Gasteiger partial charge in [-0.05, 0) is 36.5 Å². The van der Waals surface area contributed by atoms with Crippen LogP contribution in [0, 0.1) is 5.92 Å². The first kappa shape index (κ1) is 21.6. The lowest BCUT2D eigenvalue weighted by Crippen LogP contribution is -2.43. The Bertz CT molecular complexity index is 801. The summed E-state index contributed by atoms with van der Waals surface area (Å²) >= 11 is 0. The molecular weight excluding hydrogens is 390 g/mol. The quantitative estimate of drug-likeness (QED) is 0.530. The van der Waals surface area contributed by atoms with E-state index >= 15 is 0 Å². The number of esters is 1. The number of carbonyl (C=O) groups is 4. The smallest absolute Gasteiger partial charge is 0.325 e. The Morgan fingerprint density at radius 3 is 2.33 bits per heavy atom. The summed E-state index contributed by atoms with van der Waals surface area (Å²) in [5.41, 5.74) is 0.791. The van der Waals surface area contributed by atoms with E-state index in [0.29, 0.717) is 25.3 Å². The Morgan fingerprint density at radius 1 is 1.07 bits per heavy atom. The molecule has 2 saturated heterocycles. The number of hydrogen-bond acceptors (Lipinski definition) is 6. The van der Waals surface area contributed by atoms with Gasteiger partial charge in [0, 0.05) is 19.5 Å². The van der Waals surface area contributed by atoms with Gasteiger partial charge < -0.3 is 19.7 Å². The molecule has 0 aliphatic carbocycles. The molecule has 30 heavy (non-hydrogen) atoms. The molecule has 0 saturated carbocycles. The lowest BCUT2D eigenvalue weighted by atomic mass is 9.93. The lowest BCUT2D eigenvalue weighted by molar-refractivity contribution is -0.142. The van der Waals surface area contributed by atoms with Crippen molar-refractivity contribution in [2.45, 2.75) is 38.3 Å². The van der Waals surface area contributed by atoms with E-state index in [2.05, 4.69) is 5.32 Å². The zero-order valence-electron chi connectivity index (χ0n) is 17.3. The van der Waals surface area contributed by atoms with E-state index in [9.17, 15) is 19.2 Å². The first-order valence-corrected chi connectivity index (χ1v) is 10.0. The molecule has 2 fully saturated rings. The van der Waals surface area contributed by atoms with Crippen LogP contribution in [-0.2, 0) is 25.7 Å². The van der Waals surface area contributed by atoms with Crippen LogP contribution in [0.3, 0.4) is 0 Å². The van der Waals surface area contributed by atoms with Crippen LogP contribution in [0.4, 0.5) is 4.79 Å². The Hall–Kier alpha value is -3.10. The van der Waals surface area contributed by atoms with Gasteiger partial charge in [0.05, 0.1) is 27.2 Å². The minimum Gasteiger partial charge on any atom is -0.497 e. The highest BCUT2D eigenvalue weighted by atomic mass is 16.5. The molecule has 2 aliphatic heterocycles. The fourth-order valence-corrected chi connectivity index (χ4v) is 3.79. The normalized spacial score (nSPS) is 19.6. The number of carbonyl (C=O) groups excluding carboxylic acids is 4. The third-order valence-electron chi connectivity index (χ3n) is 5.64. The number of piperidine rings is 1. The fraction of sp³-hybridized carbons (Fsp3) is 0.524. The van der Waals surface area contributed by atoms with Crippen LogP contribution in [-0.4, -0.2) is 67.0 Å². The summed E-state index contributed by atoms with van der Waals surface area (Å²) in [7, 11) is 2.93. The van der Waals surface area contributed by atoms with Crippen molar-refractivity contribution in [1.82, 2.24) is 15.1 Å². The van der Waals surface area contributed by atoms with Crippen LogP contribution < -0.4 is 10.1 Å². The number of hydrogen-bond donors (Lipinski definition) is 1. The van der Waals surface area contributed by atoms with Crippen LogP contribution in [0.15, 0.2) is 24.3 Å². The van der Waals surface area contributed by atoms with Crippen molar-refractivity contribution in [3.63, 3.8) is 0 Å². The highest BCUT2D eigenvalue weighted by Gasteiger charge is 2.40. The van der Waals surface area contributed by atoms with Gasteiger partial charge >= 0.3 is 12.0 Å². The molecule has 0 aromatic heterocycles. The molecule has 1 N–H and O–H groups in total. The molecule has 1 atom stereocenters. The second-order valence-electron chi connectivity index (χ2n) is 7.58. The second kappa shape index (κ2) is 9.60. The van der Waals surface area contributed by atoms with Crippen LogP contribution in [0.25, 0.3) is 0 Å². The number of likely N-dealkylation sites (tertiary alicyclic amines) is 1. The van der Waals surface area contributed by atoms with Crippen molar-refractivity contribution in [3.8, 4) is 5.75 Å². The van der Waals surface area contributed by atoms with Gasteiger partial charge in [0.1, 0.15) is 11.8 Å². The fourth-order valence-electron chi connectivity index (χ4n) is 3.79. The number of amides is 4. The molecule has 2 aliphatic rings. The van der Waals surface area contributed by atoms with Crippen LogP contribution >= 0.6 is 0 Å². The number of imide groups is 1. The van der Waals surface area contributed by atoms with Gasteiger partial charge in [0.15, 0.2) is 0 Å². The predicted octanol–water partition coefficient (Wildman–Crippen LogP) is 1.31. The first-order valence-electron chi connectivity index (χ1n) is 10.0. The van der Waals surface area contributed by atoms with E-state index in [-0.39, 0.29) is 30.8 Å². The highest BCUT2D eigenvalue weighted by Crippen LogP contribution is 2.23. The number of rotatable bonds is 7. The molecule has 3 rings (SSSR count). The number of urea groups is 1. The maximum Gasteiger partial charge on any atom is 0.325 e. The molecular formula is C21H27N3O6. The zero-order valence-corrected chi connectivity index (χ0v) is 17.3. The molecule has 9 nitrogen and oxygen atoms in total. The van der Waals surface area contributed by atoms with Crippen molar-refractivity contribution >= 4 is 23.8 Å². The summed E-state index contributed by atoms with van der Waals surface area (Å²) in [4.78, 5) is 51.8. The molecule has 9 heteroatoms. The Morgan fingerprint density at radius 2 is 1.73 bits per heavy atom.